The normalized spacial score (nSPS) is 23.8. The number of rotatable bonds is 1. The molecule has 1 N–H and O–H groups in total. The zero-order chi connectivity index (χ0) is 14.9. The average Bonchev–Trinajstić information content (AvgIpc) is 2.73. The number of aliphatic hydroxyl groups is 1. The van der Waals surface area contributed by atoms with Gasteiger partial charge in [-0.15, -0.1) is 11.3 Å². The topological polar surface area (TPSA) is 49.8 Å². The number of hydrogen-bond donors (Lipinski definition) is 1. The van der Waals surface area contributed by atoms with Crippen LogP contribution in [-0.4, -0.2) is 40.9 Å². The Bertz CT molecular complexity index is 483. The number of carbonyl (C=O) groups excluding carboxylic acids is 1. The molecule has 1 aromatic rings. The molecule has 2 rings (SSSR count). The van der Waals surface area contributed by atoms with Crippen LogP contribution in [0.1, 0.15) is 38.0 Å². The number of amides is 1. The molecule has 1 aliphatic heterocycles. The first kappa shape index (κ1) is 15.8. The molecule has 6 heteroatoms. The second-order valence-corrected chi connectivity index (χ2v) is 8.53. The zero-order valence-electron chi connectivity index (χ0n) is 11.9. The summed E-state index contributed by atoms with van der Waals surface area (Å²) < 4.78 is 6.41. The summed E-state index contributed by atoms with van der Waals surface area (Å²) in [5.41, 5.74) is -0.502. The van der Waals surface area contributed by atoms with Gasteiger partial charge in [-0.1, -0.05) is 0 Å². The fraction of sp³-hybridized carbons (Fsp3) is 0.643. The molecule has 0 saturated carbocycles. The molecule has 4 nitrogen and oxygen atoms in total. The van der Waals surface area contributed by atoms with Crippen molar-refractivity contribution in [3.05, 3.63) is 20.8 Å². The molecule has 20 heavy (non-hydrogen) atoms. The Morgan fingerprint density at radius 2 is 2.20 bits per heavy atom. The van der Waals surface area contributed by atoms with Crippen molar-refractivity contribution in [3.63, 3.8) is 0 Å². The molecule has 0 aliphatic carbocycles. The lowest BCUT2D eigenvalue weighted by Gasteiger charge is -2.36. The molecule has 1 aromatic heterocycles. The van der Waals surface area contributed by atoms with E-state index in [0.29, 0.717) is 13.1 Å². The second-order valence-electron chi connectivity index (χ2n) is 6.03. The van der Waals surface area contributed by atoms with E-state index in [1.807, 2.05) is 32.9 Å². The summed E-state index contributed by atoms with van der Waals surface area (Å²) >= 11 is 5.08. The second kappa shape index (κ2) is 6.03. The fourth-order valence-corrected chi connectivity index (χ4v) is 3.90. The number of hydrogen-bond acceptors (Lipinski definition) is 4. The van der Waals surface area contributed by atoms with Gasteiger partial charge in [0, 0.05) is 17.3 Å². The molecule has 2 heterocycles. The Balaban J connectivity index is 1.97. The van der Waals surface area contributed by atoms with Gasteiger partial charge in [0.05, 0.1) is 16.4 Å². The fourth-order valence-electron chi connectivity index (χ4n) is 2.28. The van der Waals surface area contributed by atoms with Crippen LogP contribution in [0.15, 0.2) is 15.9 Å². The van der Waals surface area contributed by atoms with Gasteiger partial charge in [0.2, 0.25) is 0 Å². The molecule has 1 aliphatic rings. The third-order valence-corrected chi connectivity index (χ3v) is 4.95. The summed E-state index contributed by atoms with van der Waals surface area (Å²) in [5, 5.41) is 10.3. The van der Waals surface area contributed by atoms with Crippen LogP contribution in [0.2, 0.25) is 0 Å². The molecule has 0 spiro atoms. The number of halogens is 1. The van der Waals surface area contributed by atoms with Crippen molar-refractivity contribution in [1.82, 2.24) is 4.90 Å². The van der Waals surface area contributed by atoms with Crippen molar-refractivity contribution < 1.29 is 14.6 Å². The molecule has 1 amide bonds. The SMILES string of the molecule is CC(C)(C)OC(=O)N1CCC(c2ccc(Br)s2)C(O)C1. The number of likely N-dealkylation sites (tertiary alicyclic amines) is 1. The number of aliphatic hydroxyl groups excluding tert-OH is 1. The third-order valence-electron chi connectivity index (χ3n) is 3.19. The zero-order valence-corrected chi connectivity index (χ0v) is 14.3. The van der Waals surface area contributed by atoms with Gasteiger partial charge < -0.3 is 14.7 Å². The third kappa shape index (κ3) is 3.96. The molecule has 112 valence electrons. The van der Waals surface area contributed by atoms with Crippen molar-refractivity contribution in [1.29, 1.82) is 0 Å². The van der Waals surface area contributed by atoms with Crippen LogP contribution < -0.4 is 0 Å². The number of ether oxygens (including phenoxy) is 1. The van der Waals surface area contributed by atoms with E-state index >= 15 is 0 Å². The summed E-state index contributed by atoms with van der Waals surface area (Å²) in [5.74, 6) is 0.102. The van der Waals surface area contributed by atoms with Crippen LogP contribution in [-0.2, 0) is 4.74 Å². The molecule has 1 fully saturated rings. The molecule has 0 aromatic carbocycles. The summed E-state index contributed by atoms with van der Waals surface area (Å²) in [7, 11) is 0. The highest BCUT2D eigenvalue weighted by molar-refractivity contribution is 9.11. The maximum absolute atomic E-state index is 12.0. The van der Waals surface area contributed by atoms with Crippen LogP contribution in [0, 0.1) is 0 Å². The number of piperidine rings is 1. The van der Waals surface area contributed by atoms with E-state index in [1.165, 1.54) is 0 Å². The van der Waals surface area contributed by atoms with Gasteiger partial charge in [-0.2, -0.15) is 0 Å². The van der Waals surface area contributed by atoms with Gasteiger partial charge in [0.1, 0.15) is 5.60 Å². The van der Waals surface area contributed by atoms with E-state index in [2.05, 4.69) is 15.9 Å². The van der Waals surface area contributed by atoms with Gasteiger partial charge in [-0.25, -0.2) is 4.79 Å². The number of nitrogens with zero attached hydrogens (tertiary/aromatic N) is 1. The van der Waals surface area contributed by atoms with Crippen LogP contribution in [0.3, 0.4) is 0 Å². The van der Waals surface area contributed by atoms with Crippen LogP contribution >= 0.6 is 27.3 Å². The maximum atomic E-state index is 12.0. The predicted molar refractivity (Wildman–Crippen MR) is 83.2 cm³/mol. The van der Waals surface area contributed by atoms with E-state index in [0.717, 1.165) is 15.1 Å². The van der Waals surface area contributed by atoms with Crippen molar-refractivity contribution in [2.24, 2.45) is 0 Å². The quantitative estimate of drug-likeness (QED) is 0.831. The lowest BCUT2D eigenvalue weighted by molar-refractivity contribution is -0.00119. The Morgan fingerprint density at radius 1 is 1.50 bits per heavy atom. The smallest absolute Gasteiger partial charge is 0.410 e. The lowest BCUT2D eigenvalue weighted by Crippen LogP contribution is -2.47. The lowest BCUT2D eigenvalue weighted by atomic mass is 9.92. The molecular weight excluding hydrogens is 342 g/mol. The first-order valence-electron chi connectivity index (χ1n) is 6.67. The highest BCUT2D eigenvalue weighted by Crippen LogP contribution is 2.35. The first-order chi connectivity index (χ1) is 9.26. The van der Waals surface area contributed by atoms with E-state index in [9.17, 15) is 9.90 Å². The largest absolute Gasteiger partial charge is 0.444 e. The average molecular weight is 362 g/mol. The van der Waals surface area contributed by atoms with Crippen molar-refractivity contribution in [2.45, 2.75) is 44.8 Å². The minimum Gasteiger partial charge on any atom is -0.444 e. The maximum Gasteiger partial charge on any atom is 0.410 e. The standard InChI is InChI=1S/C14H20BrNO3S/c1-14(2,3)19-13(18)16-7-6-9(10(17)8-16)11-4-5-12(15)20-11/h4-5,9-10,17H,6-8H2,1-3H3. The number of carbonyl (C=O) groups is 1. The monoisotopic (exact) mass is 361 g/mol. The van der Waals surface area contributed by atoms with Crippen LogP contribution in [0.25, 0.3) is 0 Å². The van der Waals surface area contributed by atoms with Crippen molar-refractivity contribution in [3.8, 4) is 0 Å². The van der Waals surface area contributed by atoms with Gasteiger partial charge in [0.25, 0.3) is 0 Å². The van der Waals surface area contributed by atoms with Gasteiger partial charge >= 0.3 is 6.09 Å². The Labute approximate surface area is 131 Å². The summed E-state index contributed by atoms with van der Waals surface area (Å²) in [4.78, 5) is 14.7. The van der Waals surface area contributed by atoms with E-state index in [4.69, 9.17) is 4.74 Å². The minimum absolute atomic E-state index is 0.102. The van der Waals surface area contributed by atoms with Gasteiger partial charge in [-0.05, 0) is 55.3 Å². The van der Waals surface area contributed by atoms with E-state index in [-0.39, 0.29) is 12.0 Å². The highest BCUT2D eigenvalue weighted by atomic mass is 79.9. The molecule has 0 radical (unpaired) electrons. The number of thiophene rings is 1. The molecule has 2 unspecified atom stereocenters. The van der Waals surface area contributed by atoms with Crippen molar-refractivity contribution in [2.75, 3.05) is 13.1 Å². The molecular formula is C14H20BrNO3S. The summed E-state index contributed by atoms with van der Waals surface area (Å²) in [6.07, 6.45) is -0.128. The summed E-state index contributed by atoms with van der Waals surface area (Å²) in [6.45, 7) is 6.48. The van der Waals surface area contributed by atoms with Gasteiger partial charge in [-0.3, -0.25) is 0 Å². The minimum atomic E-state index is -0.540. The molecule has 1 saturated heterocycles. The Hall–Kier alpha value is -0.590. The first-order valence-corrected chi connectivity index (χ1v) is 8.28. The Morgan fingerprint density at radius 3 is 2.70 bits per heavy atom. The van der Waals surface area contributed by atoms with E-state index in [1.54, 1.807) is 16.2 Å². The predicted octanol–water partition coefficient (Wildman–Crippen LogP) is 3.60. The van der Waals surface area contributed by atoms with Crippen molar-refractivity contribution >= 4 is 33.4 Å². The molecule has 2 atom stereocenters. The molecule has 0 bridgehead atoms. The van der Waals surface area contributed by atoms with E-state index < -0.39 is 11.7 Å². The highest BCUT2D eigenvalue weighted by Gasteiger charge is 2.33. The number of β-amino-alcohol motifs (C(OH)–C–C–N with tert-alkyl or cyclic N) is 1. The van der Waals surface area contributed by atoms with Crippen LogP contribution in [0.5, 0.6) is 0 Å². The Kier molecular flexibility index (Phi) is 4.76. The van der Waals surface area contributed by atoms with Gasteiger partial charge in [0.15, 0.2) is 0 Å². The van der Waals surface area contributed by atoms with Crippen LogP contribution in [0.4, 0.5) is 4.79 Å². The summed E-state index contributed by atoms with van der Waals surface area (Å²) in [6, 6.07) is 4.03.